The number of nitrogens with zero attached hydrogens (tertiary/aromatic N) is 1. The maximum Gasteiger partial charge on any atom is 0.333 e. The van der Waals surface area contributed by atoms with Crippen molar-refractivity contribution in [2.24, 2.45) is 4.99 Å². The minimum atomic E-state index is -0.530. The molecule has 7 nitrogen and oxygen atoms in total. The van der Waals surface area contributed by atoms with Gasteiger partial charge in [0.15, 0.2) is 0 Å². The van der Waals surface area contributed by atoms with Crippen LogP contribution in [-0.4, -0.2) is 56.1 Å². The van der Waals surface area contributed by atoms with E-state index in [1.165, 1.54) is 6.92 Å². The number of rotatable bonds is 11. The summed E-state index contributed by atoms with van der Waals surface area (Å²) in [5, 5.41) is 7.41. The summed E-state index contributed by atoms with van der Waals surface area (Å²) < 4.78 is 17.7. The number of amides is 1. The molecule has 0 aliphatic heterocycles. The van der Waals surface area contributed by atoms with Gasteiger partial charge in [-0.3, -0.25) is 9.79 Å². The Morgan fingerprint density at radius 2 is 1.69 bits per heavy atom. The van der Waals surface area contributed by atoms with Gasteiger partial charge in [0.2, 0.25) is 5.91 Å². The first-order chi connectivity index (χ1) is 21.9. The molecule has 0 saturated carbocycles. The van der Waals surface area contributed by atoms with Gasteiger partial charge in [-0.2, -0.15) is 0 Å². The van der Waals surface area contributed by atoms with E-state index in [0.717, 1.165) is 56.8 Å². The summed E-state index contributed by atoms with van der Waals surface area (Å²) in [5.74, 6) is 0.228. The molecule has 0 radical (unpaired) electrons. The lowest BCUT2D eigenvalue weighted by Gasteiger charge is -2.36. The van der Waals surface area contributed by atoms with Crippen molar-refractivity contribution in [2.45, 2.75) is 71.2 Å². The van der Waals surface area contributed by atoms with Crippen LogP contribution in [0.3, 0.4) is 0 Å². The lowest BCUT2D eigenvalue weighted by Crippen LogP contribution is -2.53. The van der Waals surface area contributed by atoms with Gasteiger partial charge in [-0.15, -0.1) is 0 Å². The monoisotopic (exact) mass is 606 g/mol. The maximum absolute atomic E-state index is 13.0. The van der Waals surface area contributed by atoms with Gasteiger partial charge in [-0.1, -0.05) is 80.6 Å². The van der Waals surface area contributed by atoms with Crippen LogP contribution in [0.1, 0.15) is 52.5 Å². The van der Waals surface area contributed by atoms with E-state index >= 15 is 0 Å². The first-order valence-corrected chi connectivity index (χ1v) is 15.8. The Labute approximate surface area is 265 Å². The first kappa shape index (κ1) is 31.9. The van der Waals surface area contributed by atoms with Crippen molar-refractivity contribution in [1.82, 2.24) is 5.32 Å². The average molecular weight is 607 g/mol. The molecule has 0 aromatic heterocycles. The van der Waals surface area contributed by atoms with Crippen LogP contribution in [0, 0.1) is 0 Å². The molecule has 4 aromatic rings. The fourth-order valence-electron chi connectivity index (χ4n) is 6.26. The van der Waals surface area contributed by atoms with E-state index in [-0.39, 0.29) is 24.6 Å². The normalized spacial score (nSPS) is 18.4. The minimum Gasteiger partial charge on any atom is -0.496 e. The topological polar surface area (TPSA) is 86.2 Å². The van der Waals surface area contributed by atoms with Crippen LogP contribution >= 0.6 is 0 Å². The van der Waals surface area contributed by atoms with E-state index in [9.17, 15) is 9.59 Å². The number of hydrogen-bond donors (Lipinski definition) is 1. The van der Waals surface area contributed by atoms with Crippen LogP contribution in [0.15, 0.2) is 89.4 Å². The van der Waals surface area contributed by atoms with E-state index in [4.69, 9.17) is 19.2 Å². The minimum absolute atomic E-state index is 0.0232. The Kier molecular flexibility index (Phi) is 10.3. The molecule has 5 rings (SSSR count). The molecule has 0 unspecified atom stereocenters. The molecule has 0 spiro atoms. The molecule has 1 aliphatic rings. The number of carbonyl (C=O) groups excluding carboxylic acids is 2. The van der Waals surface area contributed by atoms with Gasteiger partial charge in [-0.05, 0) is 59.0 Å². The Bertz CT molecular complexity index is 1730. The van der Waals surface area contributed by atoms with Crippen molar-refractivity contribution in [3.63, 3.8) is 0 Å². The molecule has 234 valence electrons. The summed E-state index contributed by atoms with van der Waals surface area (Å²) in [6, 6.07) is 23.9. The summed E-state index contributed by atoms with van der Waals surface area (Å²) >= 11 is 0. The Balaban J connectivity index is 1.63. The molecule has 3 atom stereocenters. The number of aliphatic imine (C=N–C) groups is 1. The van der Waals surface area contributed by atoms with Gasteiger partial charge in [0.1, 0.15) is 5.75 Å². The van der Waals surface area contributed by atoms with Gasteiger partial charge < -0.3 is 19.5 Å². The van der Waals surface area contributed by atoms with Gasteiger partial charge in [0.25, 0.3) is 0 Å². The SMILES string of the molecule is CCOC(=O)C1=C[C@@H](OC(CC)CC)[C@H](NC(C)=O)[C@@H](N=Cc2cccc3cccc(-c4c(OC)ccc5ccccc45)c23)C1. The molecule has 0 saturated heterocycles. The molecule has 4 aromatic carbocycles. The summed E-state index contributed by atoms with van der Waals surface area (Å²) in [6.45, 7) is 7.69. The number of carbonyl (C=O) groups is 2. The van der Waals surface area contributed by atoms with E-state index in [1.807, 2.05) is 42.6 Å². The lowest BCUT2D eigenvalue weighted by molar-refractivity contribution is -0.139. The quantitative estimate of drug-likeness (QED) is 0.142. The second-order valence-electron chi connectivity index (χ2n) is 11.3. The average Bonchev–Trinajstić information content (AvgIpc) is 3.06. The highest BCUT2D eigenvalue weighted by Gasteiger charge is 2.37. The number of esters is 1. The molecule has 0 heterocycles. The van der Waals surface area contributed by atoms with Crippen molar-refractivity contribution in [2.75, 3.05) is 13.7 Å². The molecule has 45 heavy (non-hydrogen) atoms. The Hall–Kier alpha value is -4.49. The summed E-state index contributed by atoms with van der Waals surface area (Å²) in [4.78, 5) is 30.5. The van der Waals surface area contributed by atoms with Crippen LogP contribution in [0.5, 0.6) is 5.75 Å². The molecule has 0 fully saturated rings. The molecule has 0 bridgehead atoms. The van der Waals surface area contributed by atoms with Gasteiger partial charge >= 0.3 is 5.97 Å². The summed E-state index contributed by atoms with van der Waals surface area (Å²) in [6.07, 6.45) is 5.07. The molecule has 1 N–H and O–H groups in total. The predicted octanol–water partition coefficient (Wildman–Crippen LogP) is 7.43. The van der Waals surface area contributed by atoms with Crippen molar-refractivity contribution in [1.29, 1.82) is 0 Å². The van der Waals surface area contributed by atoms with Crippen LogP contribution in [0.4, 0.5) is 0 Å². The van der Waals surface area contributed by atoms with Gasteiger partial charge in [0, 0.05) is 36.3 Å². The van der Waals surface area contributed by atoms with Crippen molar-refractivity contribution >= 4 is 39.6 Å². The standard InChI is InChI=1S/C38H42N2O5/c1-6-29(7-2)45-34-22-28(38(42)44-8-3)21-32(37(34)40-24(4)41)39-23-27-16-11-14-26-15-12-18-31(35(26)27)36-30-17-10-9-13-25(30)19-20-33(36)43-5/h9-20,22-23,29,32,34,37H,6-8,21H2,1-5H3,(H,40,41)/t32-,34+,37+/m0/s1. The van der Waals surface area contributed by atoms with E-state index in [1.54, 1.807) is 14.0 Å². The van der Waals surface area contributed by atoms with Gasteiger partial charge in [-0.25, -0.2) is 4.79 Å². The van der Waals surface area contributed by atoms with E-state index in [2.05, 4.69) is 61.6 Å². The summed E-state index contributed by atoms with van der Waals surface area (Å²) in [7, 11) is 1.70. The lowest BCUT2D eigenvalue weighted by atomic mass is 9.87. The van der Waals surface area contributed by atoms with Crippen LogP contribution in [-0.2, 0) is 19.1 Å². The number of ether oxygens (including phenoxy) is 3. The van der Waals surface area contributed by atoms with Crippen molar-refractivity contribution in [3.8, 4) is 16.9 Å². The zero-order valence-corrected chi connectivity index (χ0v) is 26.7. The van der Waals surface area contributed by atoms with Gasteiger partial charge in [0.05, 0.1) is 38.0 Å². The third-order valence-corrected chi connectivity index (χ3v) is 8.45. The number of hydrogen-bond acceptors (Lipinski definition) is 6. The highest BCUT2D eigenvalue weighted by molar-refractivity contribution is 6.12. The number of fused-ring (bicyclic) bond motifs is 2. The third-order valence-electron chi connectivity index (χ3n) is 8.45. The smallest absolute Gasteiger partial charge is 0.333 e. The highest BCUT2D eigenvalue weighted by Crippen LogP contribution is 2.41. The number of nitrogens with one attached hydrogen (secondary N) is 1. The van der Waals surface area contributed by atoms with Crippen LogP contribution in [0.2, 0.25) is 0 Å². The molecular weight excluding hydrogens is 564 g/mol. The molecule has 1 amide bonds. The second kappa shape index (κ2) is 14.5. The largest absolute Gasteiger partial charge is 0.496 e. The molecular formula is C38H42N2O5. The maximum atomic E-state index is 13.0. The fourth-order valence-corrected chi connectivity index (χ4v) is 6.26. The van der Waals surface area contributed by atoms with Crippen LogP contribution < -0.4 is 10.1 Å². The Morgan fingerprint density at radius 3 is 2.40 bits per heavy atom. The third kappa shape index (κ3) is 6.94. The number of methoxy groups -OCH3 is 1. The van der Waals surface area contributed by atoms with E-state index < -0.39 is 18.2 Å². The van der Waals surface area contributed by atoms with Crippen molar-refractivity contribution in [3.05, 3.63) is 90.0 Å². The summed E-state index contributed by atoms with van der Waals surface area (Å²) in [5.41, 5.74) is 3.48. The zero-order chi connectivity index (χ0) is 31.9. The number of benzene rings is 4. The zero-order valence-electron chi connectivity index (χ0n) is 26.7. The van der Waals surface area contributed by atoms with Crippen molar-refractivity contribution < 1.29 is 23.8 Å². The van der Waals surface area contributed by atoms with Crippen LogP contribution in [0.25, 0.3) is 32.7 Å². The highest BCUT2D eigenvalue weighted by atomic mass is 16.5. The van der Waals surface area contributed by atoms with E-state index in [0.29, 0.717) is 12.0 Å². The fraction of sp³-hybridized carbons (Fsp3) is 0.342. The molecule has 1 aliphatic carbocycles. The second-order valence-corrected chi connectivity index (χ2v) is 11.3. The Morgan fingerprint density at radius 1 is 0.956 bits per heavy atom. The first-order valence-electron chi connectivity index (χ1n) is 15.8. The molecule has 7 heteroatoms. The predicted molar refractivity (Wildman–Crippen MR) is 181 cm³/mol.